The molecular formula is C21H35IN4O. The molecule has 1 aromatic carbocycles. The molecule has 1 heterocycles. The number of aliphatic imine (C=N–C) groups is 1. The molecule has 2 aliphatic rings. The van der Waals surface area contributed by atoms with Crippen LogP contribution in [0.1, 0.15) is 56.1 Å². The molecule has 0 amide bonds. The molecule has 27 heavy (non-hydrogen) atoms. The molecule has 2 fully saturated rings. The van der Waals surface area contributed by atoms with Gasteiger partial charge in [0.15, 0.2) is 5.96 Å². The van der Waals surface area contributed by atoms with E-state index in [1.54, 1.807) is 0 Å². The molecule has 0 unspecified atom stereocenters. The van der Waals surface area contributed by atoms with Crippen molar-refractivity contribution in [2.24, 2.45) is 4.99 Å². The van der Waals surface area contributed by atoms with Crippen molar-refractivity contribution in [2.45, 2.75) is 70.2 Å². The maximum atomic E-state index is 9.61. The summed E-state index contributed by atoms with van der Waals surface area (Å²) in [6.45, 7) is 3.76. The van der Waals surface area contributed by atoms with Crippen molar-refractivity contribution in [3.63, 3.8) is 0 Å². The molecule has 3 N–H and O–H groups in total. The molecule has 152 valence electrons. The summed E-state index contributed by atoms with van der Waals surface area (Å²) >= 11 is 0. The van der Waals surface area contributed by atoms with Crippen molar-refractivity contribution in [3.8, 4) is 0 Å². The number of aliphatic hydroxyl groups is 1. The molecule has 1 saturated carbocycles. The van der Waals surface area contributed by atoms with Crippen molar-refractivity contribution >= 4 is 29.9 Å². The summed E-state index contributed by atoms with van der Waals surface area (Å²) in [5.74, 6) is 0.910. The van der Waals surface area contributed by atoms with Crippen molar-refractivity contribution < 1.29 is 5.11 Å². The van der Waals surface area contributed by atoms with Gasteiger partial charge >= 0.3 is 0 Å². The van der Waals surface area contributed by atoms with Crippen LogP contribution in [0.25, 0.3) is 0 Å². The smallest absolute Gasteiger partial charge is 0.191 e. The summed E-state index contributed by atoms with van der Waals surface area (Å²) in [7, 11) is 1.84. The molecule has 0 spiro atoms. The number of piperidine rings is 1. The first-order valence-electron chi connectivity index (χ1n) is 10.2. The van der Waals surface area contributed by atoms with Gasteiger partial charge in [0.05, 0.1) is 6.10 Å². The maximum absolute atomic E-state index is 9.61. The van der Waals surface area contributed by atoms with E-state index in [4.69, 9.17) is 0 Å². The zero-order chi connectivity index (χ0) is 18.2. The van der Waals surface area contributed by atoms with Crippen LogP contribution >= 0.6 is 24.0 Å². The molecule has 0 aromatic heterocycles. The predicted molar refractivity (Wildman–Crippen MR) is 123 cm³/mol. The van der Waals surface area contributed by atoms with Gasteiger partial charge in [-0.15, -0.1) is 24.0 Å². The zero-order valence-electron chi connectivity index (χ0n) is 16.5. The first-order valence-corrected chi connectivity index (χ1v) is 10.2. The quantitative estimate of drug-likeness (QED) is 0.340. The Morgan fingerprint density at radius 3 is 2.30 bits per heavy atom. The first-order chi connectivity index (χ1) is 12.7. The van der Waals surface area contributed by atoms with Gasteiger partial charge in [0.1, 0.15) is 0 Å². The van der Waals surface area contributed by atoms with E-state index in [0.717, 1.165) is 45.0 Å². The van der Waals surface area contributed by atoms with Gasteiger partial charge in [-0.3, -0.25) is 9.89 Å². The summed E-state index contributed by atoms with van der Waals surface area (Å²) in [5.41, 5.74) is 2.62. The van der Waals surface area contributed by atoms with Gasteiger partial charge in [0.25, 0.3) is 0 Å². The summed E-state index contributed by atoms with van der Waals surface area (Å²) < 4.78 is 0. The number of rotatable bonds is 5. The molecule has 0 atom stereocenters. The van der Waals surface area contributed by atoms with Crippen molar-refractivity contribution in [3.05, 3.63) is 35.4 Å². The molecule has 1 aliphatic heterocycles. The van der Waals surface area contributed by atoms with E-state index in [-0.39, 0.29) is 30.1 Å². The number of hydrogen-bond acceptors (Lipinski definition) is 3. The van der Waals surface area contributed by atoms with E-state index in [9.17, 15) is 5.11 Å². The van der Waals surface area contributed by atoms with Crippen LogP contribution in [0.15, 0.2) is 29.3 Å². The predicted octanol–water partition coefficient (Wildman–Crippen LogP) is 3.26. The van der Waals surface area contributed by atoms with Gasteiger partial charge in [0.2, 0.25) is 0 Å². The van der Waals surface area contributed by atoms with Gasteiger partial charge in [-0.05, 0) is 36.8 Å². The monoisotopic (exact) mass is 486 g/mol. The third-order valence-electron chi connectivity index (χ3n) is 5.62. The van der Waals surface area contributed by atoms with Crippen LogP contribution < -0.4 is 10.6 Å². The van der Waals surface area contributed by atoms with E-state index >= 15 is 0 Å². The topological polar surface area (TPSA) is 59.9 Å². The van der Waals surface area contributed by atoms with Crippen LogP contribution in [0.2, 0.25) is 0 Å². The van der Waals surface area contributed by atoms with Crippen molar-refractivity contribution in [1.29, 1.82) is 0 Å². The Bertz CT molecular complexity index is 564. The number of likely N-dealkylation sites (tertiary alicyclic amines) is 1. The van der Waals surface area contributed by atoms with Crippen LogP contribution in [0, 0.1) is 0 Å². The first kappa shape index (κ1) is 22.4. The number of guanidine groups is 1. The fraction of sp³-hybridized carbons (Fsp3) is 0.667. The SMILES string of the molecule is CN=C(NCc1ccc(CN2CCC(O)CC2)cc1)NC1CCCCC1.I. The summed E-state index contributed by atoms with van der Waals surface area (Å²) in [4.78, 5) is 6.79. The van der Waals surface area contributed by atoms with Crippen molar-refractivity contribution in [2.75, 3.05) is 20.1 Å². The number of aliphatic hydroxyl groups excluding tert-OH is 1. The van der Waals surface area contributed by atoms with Gasteiger partial charge < -0.3 is 15.7 Å². The molecule has 0 radical (unpaired) electrons. The molecular weight excluding hydrogens is 451 g/mol. The number of nitrogens with zero attached hydrogens (tertiary/aromatic N) is 2. The largest absolute Gasteiger partial charge is 0.393 e. The Morgan fingerprint density at radius 2 is 1.67 bits per heavy atom. The average molecular weight is 486 g/mol. The highest BCUT2D eigenvalue weighted by Crippen LogP contribution is 2.17. The Hall–Kier alpha value is -0.860. The minimum atomic E-state index is -0.101. The Labute approximate surface area is 181 Å². The number of halogens is 1. The summed E-state index contributed by atoms with van der Waals surface area (Å²) in [6.07, 6.45) is 8.22. The number of nitrogens with one attached hydrogen (secondary N) is 2. The van der Waals surface area contributed by atoms with E-state index in [1.807, 2.05) is 7.05 Å². The van der Waals surface area contributed by atoms with Gasteiger partial charge in [-0.1, -0.05) is 43.5 Å². The van der Waals surface area contributed by atoms with Gasteiger partial charge in [-0.25, -0.2) is 0 Å². The lowest BCUT2D eigenvalue weighted by Gasteiger charge is -2.29. The molecule has 1 aliphatic carbocycles. The highest BCUT2D eigenvalue weighted by atomic mass is 127. The number of benzene rings is 1. The number of hydrogen-bond donors (Lipinski definition) is 3. The fourth-order valence-corrected chi connectivity index (χ4v) is 3.92. The fourth-order valence-electron chi connectivity index (χ4n) is 3.92. The molecule has 6 heteroatoms. The zero-order valence-corrected chi connectivity index (χ0v) is 18.8. The van der Waals surface area contributed by atoms with Crippen LogP contribution in [0.4, 0.5) is 0 Å². The molecule has 1 saturated heterocycles. The Kier molecular flexibility index (Phi) is 9.86. The van der Waals surface area contributed by atoms with E-state index < -0.39 is 0 Å². The van der Waals surface area contributed by atoms with Crippen molar-refractivity contribution in [1.82, 2.24) is 15.5 Å². The maximum Gasteiger partial charge on any atom is 0.191 e. The Balaban J connectivity index is 0.00000261. The van der Waals surface area contributed by atoms with Crippen LogP contribution in [-0.4, -0.2) is 48.2 Å². The van der Waals surface area contributed by atoms with Crippen LogP contribution in [0.3, 0.4) is 0 Å². The second-order valence-electron chi connectivity index (χ2n) is 7.73. The van der Waals surface area contributed by atoms with Crippen LogP contribution in [-0.2, 0) is 13.1 Å². The van der Waals surface area contributed by atoms with E-state index in [2.05, 4.69) is 44.8 Å². The van der Waals surface area contributed by atoms with Crippen LogP contribution in [0.5, 0.6) is 0 Å². The lowest BCUT2D eigenvalue weighted by molar-refractivity contribution is 0.0792. The minimum absolute atomic E-state index is 0. The molecule has 0 bridgehead atoms. The lowest BCUT2D eigenvalue weighted by Crippen LogP contribution is -2.43. The molecule has 1 aromatic rings. The van der Waals surface area contributed by atoms with Gasteiger partial charge in [0, 0.05) is 39.3 Å². The van der Waals surface area contributed by atoms with E-state index in [0.29, 0.717) is 6.04 Å². The normalized spacial score (nSPS) is 20.1. The summed E-state index contributed by atoms with van der Waals surface area (Å²) in [6, 6.07) is 9.42. The third-order valence-corrected chi connectivity index (χ3v) is 5.62. The standard InChI is InChI=1S/C21H34N4O.HI/c1-22-21(24-19-5-3-2-4-6-19)23-15-17-7-9-18(10-8-17)16-25-13-11-20(26)12-14-25;/h7-10,19-20,26H,2-6,11-16H2,1H3,(H2,22,23,24);1H. The molecule has 3 rings (SSSR count). The lowest BCUT2D eigenvalue weighted by atomic mass is 9.96. The minimum Gasteiger partial charge on any atom is -0.393 e. The van der Waals surface area contributed by atoms with Gasteiger partial charge in [-0.2, -0.15) is 0 Å². The Morgan fingerprint density at radius 1 is 1.04 bits per heavy atom. The second kappa shape index (κ2) is 11.9. The molecule has 5 nitrogen and oxygen atoms in total. The highest BCUT2D eigenvalue weighted by Gasteiger charge is 2.17. The van der Waals surface area contributed by atoms with E-state index in [1.165, 1.54) is 43.2 Å². The third kappa shape index (κ3) is 7.58. The highest BCUT2D eigenvalue weighted by molar-refractivity contribution is 14.0. The second-order valence-corrected chi connectivity index (χ2v) is 7.73. The average Bonchev–Trinajstić information content (AvgIpc) is 2.69. The summed E-state index contributed by atoms with van der Waals surface area (Å²) in [5, 5.41) is 16.6.